The van der Waals surface area contributed by atoms with Gasteiger partial charge in [-0.05, 0) is 64.1 Å². The van der Waals surface area contributed by atoms with Gasteiger partial charge in [0, 0.05) is 0 Å². The molecule has 0 radical (unpaired) electrons. The second kappa shape index (κ2) is 7.38. The van der Waals surface area contributed by atoms with Gasteiger partial charge in [-0.15, -0.1) is 0 Å². The molecule has 4 nitrogen and oxygen atoms in total. The average molecular weight is 421 g/mol. The van der Waals surface area contributed by atoms with Gasteiger partial charge in [0.15, 0.2) is 4.32 Å². The van der Waals surface area contributed by atoms with E-state index < -0.39 is 0 Å². The van der Waals surface area contributed by atoms with Crippen molar-refractivity contribution in [1.82, 2.24) is 5.01 Å². The summed E-state index contributed by atoms with van der Waals surface area (Å²) in [6, 6.07) is 15.1. The Hall–Kier alpha value is -1.83. The lowest BCUT2D eigenvalue weighted by Crippen LogP contribution is -2.33. The molecular formula is C17H13BrN2O2S2. The summed E-state index contributed by atoms with van der Waals surface area (Å²) in [6.45, 7) is 0. The van der Waals surface area contributed by atoms with Crippen LogP contribution in [0.1, 0.15) is 5.56 Å². The van der Waals surface area contributed by atoms with Crippen LogP contribution in [0.3, 0.4) is 0 Å². The number of carbonyl (C=O) groups excluding carboxylic acids is 1. The first kappa shape index (κ1) is 17.0. The summed E-state index contributed by atoms with van der Waals surface area (Å²) in [7, 11) is 1.61. The lowest BCUT2D eigenvalue weighted by atomic mass is 10.2. The predicted octanol–water partition coefficient (Wildman–Crippen LogP) is 4.69. The van der Waals surface area contributed by atoms with Crippen LogP contribution in [0.15, 0.2) is 57.9 Å². The number of amides is 1. The molecular weight excluding hydrogens is 408 g/mol. The molecule has 1 fully saturated rings. The molecule has 2 aromatic carbocycles. The van der Waals surface area contributed by atoms with Gasteiger partial charge in [0.25, 0.3) is 5.91 Å². The third-order valence-electron chi connectivity index (χ3n) is 3.28. The maximum absolute atomic E-state index is 12.6. The Morgan fingerprint density at radius 3 is 2.67 bits per heavy atom. The molecule has 0 unspecified atom stereocenters. The fraction of sp³-hybridized carbons (Fsp3) is 0.0588. The number of nitrogens with zero attached hydrogens (tertiary/aromatic N) is 1. The minimum absolute atomic E-state index is 0.166. The zero-order chi connectivity index (χ0) is 17.1. The molecule has 24 heavy (non-hydrogen) atoms. The monoisotopic (exact) mass is 420 g/mol. The smallest absolute Gasteiger partial charge is 0.285 e. The van der Waals surface area contributed by atoms with Gasteiger partial charge >= 0.3 is 0 Å². The molecule has 0 spiro atoms. The maximum atomic E-state index is 12.6. The quantitative estimate of drug-likeness (QED) is 0.573. The van der Waals surface area contributed by atoms with Gasteiger partial charge in [0.2, 0.25) is 0 Å². The van der Waals surface area contributed by atoms with E-state index in [1.54, 1.807) is 7.11 Å². The highest BCUT2D eigenvalue weighted by Crippen LogP contribution is 2.34. The number of benzene rings is 2. The average Bonchev–Trinajstić information content (AvgIpc) is 2.84. The first-order chi connectivity index (χ1) is 11.6. The van der Waals surface area contributed by atoms with Crippen molar-refractivity contribution in [2.75, 3.05) is 12.5 Å². The van der Waals surface area contributed by atoms with Crippen LogP contribution in [-0.2, 0) is 4.79 Å². The number of anilines is 1. The Bertz CT molecular complexity index is 825. The van der Waals surface area contributed by atoms with Gasteiger partial charge in [-0.2, -0.15) is 0 Å². The van der Waals surface area contributed by atoms with Gasteiger partial charge in [-0.3, -0.25) is 10.2 Å². The minimum Gasteiger partial charge on any atom is -0.496 e. The van der Waals surface area contributed by atoms with Crippen LogP contribution in [0.25, 0.3) is 6.08 Å². The number of carbonyl (C=O) groups is 1. The number of methoxy groups -OCH3 is 1. The zero-order valence-corrected chi connectivity index (χ0v) is 15.9. The Morgan fingerprint density at radius 2 is 2.00 bits per heavy atom. The molecule has 1 aliphatic heterocycles. The summed E-state index contributed by atoms with van der Waals surface area (Å²) in [4.78, 5) is 13.2. The summed E-state index contributed by atoms with van der Waals surface area (Å²) in [5.74, 6) is 0.575. The second-order valence-electron chi connectivity index (χ2n) is 4.89. The Kier molecular flexibility index (Phi) is 5.23. The Labute approximate surface area is 158 Å². The van der Waals surface area contributed by atoms with Crippen molar-refractivity contribution in [2.45, 2.75) is 0 Å². The number of hydrogen-bond donors (Lipinski definition) is 1. The number of thioether (sulfide) groups is 1. The first-order valence-corrected chi connectivity index (χ1v) is 9.03. The molecule has 7 heteroatoms. The van der Waals surface area contributed by atoms with Gasteiger partial charge in [0.05, 0.1) is 22.2 Å². The molecule has 1 saturated heterocycles. The predicted molar refractivity (Wildman–Crippen MR) is 106 cm³/mol. The summed E-state index contributed by atoms with van der Waals surface area (Å²) < 4.78 is 6.52. The van der Waals surface area contributed by atoms with Crippen LogP contribution in [0.2, 0.25) is 0 Å². The molecule has 1 N–H and O–H groups in total. The molecule has 1 amide bonds. The van der Waals surface area contributed by atoms with E-state index in [0.29, 0.717) is 9.23 Å². The van der Waals surface area contributed by atoms with Crippen molar-refractivity contribution in [3.8, 4) is 5.75 Å². The number of halogens is 1. The summed E-state index contributed by atoms with van der Waals surface area (Å²) in [6.07, 6.45) is 1.82. The summed E-state index contributed by atoms with van der Waals surface area (Å²) in [5.41, 5.74) is 4.74. The van der Waals surface area contributed by atoms with E-state index in [-0.39, 0.29) is 5.91 Å². The lowest BCUT2D eigenvalue weighted by Gasteiger charge is -2.16. The summed E-state index contributed by atoms with van der Waals surface area (Å²) >= 11 is 10.0. The summed E-state index contributed by atoms with van der Waals surface area (Å²) in [5, 5.41) is 1.39. The van der Waals surface area contributed by atoms with Crippen LogP contribution in [0.4, 0.5) is 5.69 Å². The lowest BCUT2D eigenvalue weighted by molar-refractivity contribution is -0.121. The molecule has 122 valence electrons. The van der Waals surface area contributed by atoms with Crippen molar-refractivity contribution < 1.29 is 9.53 Å². The van der Waals surface area contributed by atoms with E-state index in [1.807, 2.05) is 54.6 Å². The van der Waals surface area contributed by atoms with E-state index in [9.17, 15) is 4.79 Å². The van der Waals surface area contributed by atoms with Crippen LogP contribution in [0.5, 0.6) is 5.75 Å². The molecule has 2 aromatic rings. The van der Waals surface area contributed by atoms with Crippen LogP contribution >= 0.6 is 39.9 Å². The third kappa shape index (κ3) is 3.63. The fourth-order valence-corrected chi connectivity index (χ4v) is 3.87. The van der Waals surface area contributed by atoms with Gasteiger partial charge < -0.3 is 4.74 Å². The first-order valence-electron chi connectivity index (χ1n) is 7.01. The van der Waals surface area contributed by atoms with E-state index in [4.69, 9.17) is 17.0 Å². The fourth-order valence-electron chi connectivity index (χ4n) is 2.13. The standard InChI is InChI=1S/C17H13BrN2O2S2/c1-22-14-8-7-11(9-13(14)18)10-15-16(21)20(17(23)24-15)19-12-5-3-2-4-6-12/h2-10,19H,1H3. The largest absolute Gasteiger partial charge is 0.496 e. The highest BCUT2D eigenvalue weighted by atomic mass is 79.9. The number of nitrogens with one attached hydrogen (secondary N) is 1. The number of ether oxygens (including phenoxy) is 1. The molecule has 0 aliphatic carbocycles. The maximum Gasteiger partial charge on any atom is 0.285 e. The van der Waals surface area contributed by atoms with Gasteiger partial charge in [0.1, 0.15) is 5.75 Å². The number of hydrazine groups is 1. The highest BCUT2D eigenvalue weighted by molar-refractivity contribution is 9.10. The minimum atomic E-state index is -0.166. The van der Waals surface area contributed by atoms with E-state index in [0.717, 1.165) is 21.5 Å². The highest BCUT2D eigenvalue weighted by Gasteiger charge is 2.32. The molecule has 1 aliphatic rings. The van der Waals surface area contributed by atoms with Crippen molar-refractivity contribution in [3.05, 3.63) is 63.5 Å². The Balaban J connectivity index is 1.82. The van der Waals surface area contributed by atoms with Crippen molar-refractivity contribution in [1.29, 1.82) is 0 Å². The number of para-hydroxylation sites is 1. The number of rotatable bonds is 4. The van der Waals surface area contributed by atoms with Crippen LogP contribution in [0, 0.1) is 0 Å². The van der Waals surface area contributed by atoms with E-state index >= 15 is 0 Å². The SMILES string of the molecule is COc1ccc(C=C2SC(=S)N(Nc3ccccc3)C2=O)cc1Br. The third-order valence-corrected chi connectivity index (χ3v) is 5.20. The topological polar surface area (TPSA) is 41.6 Å². The van der Waals surface area contributed by atoms with Crippen LogP contribution < -0.4 is 10.2 Å². The van der Waals surface area contributed by atoms with Crippen molar-refractivity contribution in [2.24, 2.45) is 0 Å². The molecule has 0 bridgehead atoms. The van der Waals surface area contributed by atoms with Gasteiger partial charge in [-0.25, -0.2) is 5.01 Å². The molecule has 1 heterocycles. The van der Waals surface area contributed by atoms with Crippen molar-refractivity contribution in [3.63, 3.8) is 0 Å². The molecule has 0 atom stereocenters. The number of thiocarbonyl (C=S) groups is 1. The molecule has 0 aromatic heterocycles. The van der Waals surface area contributed by atoms with E-state index in [2.05, 4.69) is 21.4 Å². The number of hydrogen-bond acceptors (Lipinski definition) is 5. The van der Waals surface area contributed by atoms with Crippen molar-refractivity contribution >= 4 is 61.9 Å². The Morgan fingerprint density at radius 1 is 1.25 bits per heavy atom. The zero-order valence-electron chi connectivity index (χ0n) is 12.7. The normalized spacial score (nSPS) is 15.9. The molecule has 0 saturated carbocycles. The molecule has 3 rings (SSSR count). The van der Waals surface area contributed by atoms with Gasteiger partial charge in [-0.1, -0.05) is 36.0 Å². The van der Waals surface area contributed by atoms with E-state index in [1.165, 1.54) is 16.8 Å². The van der Waals surface area contributed by atoms with Crippen LogP contribution in [-0.4, -0.2) is 22.3 Å². The second-order valence-corrected chi connectivity index (χ2v) is 7.42.